The van der Waals surface area contributed by atoms with Gasteiger partial charge in [0.05, 0.1) is 11.4 Å². The fraction of sp³-hybridized carbons (Fsp3) is 0.192. The molecule has 0 amide bonds. The molecule has 2 fully saturated rings. The molecule has 0 heterocycles. The number of benzene rings is 7. The average Bonchev–Trinajstić information content (AvgIpc) is 3.96. The Balaban J connectivity index is 1.20. The van der Waals surface area contributed by atoms with Gasteiger partial charge in [0.2, 0.25) is 0 Å². The Morgan fingerprint density at radius 1 is 0.472 bits per heavy atom. The molecule has 1 heteroatoms. The first kappa shape index (κ1) is 30.9. The van der Waals surface area contributed by atoms with Gasteiger partial charge in [-0.3, -0.25) is 0 Å². The molecule has 2 bridgehead atoms. The Hall–Kier alpha value is -5.66. The smallest absolute Gasteiger partial charge is 0.0543 e. The molecule has 4 aliphatic carbocycles. The van der Waals surface area contributed by atoms with Crippen LogP contribution in [0.3, 0.4) is 0 Å². The molecule has 256 valence electrons. The number of hydrogen-bond donors (Lipinski definition) is 0. The van der Waals surface area contributed by atoms with Crippen molar-refractivity contribution in [3.05, 3.63) is 186 Å². The fourth-order valence-corrected chi connectivity index (χ4v) is 11.2. The number of rotatable bonds is 5. The van der Waals surface area contributed by atoms with Gasteiger partial charge in [0.25, 0.3) is 0 Å². The number of nitrogens with zero attached hydrogens (tertiary/aromatic N) is 1. The summed E-state index contributed by atoms with van der Waals surface area (Å²) in [6, 6.07) is 61.8. The van der Waals surface area contributed by atoms with E-state index >= 15 is 0 Å². The van der Waals surface area contributed by atoms with Crippen molar-refractivity contribution in [2.24, 2.45) is 11.8 Å². The molecule has 7 aromatic rings. The second-order valence-corrected chi connectivity index (χ2v) is 16.5. The van der Waals surface area contributed by atoms with E-state index in [-0.39, 0.29) is 10.8 Å². The minimum Gasteiger partial charge on any atom is -0.309 e. The summed E-state index contributed by atoms with van der Waals surface area (Å²) in [5.74, 6) is 1.54. The van der Waals surface area contributed by atoms with Gasteiger partial charge in [0.15, 0.2) is 0 Å². The van der Waals surface area contributed by atoms with E-state index in [0.29, 0.717) is 5.92 Å². The maximum Gasteiger partial charge on any atom is 0.0543 e. The normalized spacial score (nSPS) is 20.9. The van der Waals surface area contributed by atoms with Gasteiger partial charge in [-0.15, -0.1) is 0 Å². The molecule has 0 N–H and O–H groups in total. The summed E-state index contributed by atoms with van der Waals surface area (Å²) in [5, 5.41) is 0. The molecule has 0 radical (unpaired) electrons. The van der Waals surface area contributed by atoms with Crippen molar-refractivity contribution >= 4 is 17.1 Å². The Morgan fingerprint density at radius 2 is 1.15 bits per heavy atom. The summed E-state index contributed by atoms with van der Waals surface area (Å²) in [6.07, 6.45) is 5.36. The van der Waals surface area contributed by atoms with Crippen LogP contribution in [0.5, 0.6) is 0 Å². The van der Waals surface area contributed by atoms with Crippen LogP contribution in [-0.2, 0) is 10.8 Å². The third-order valence-corrected chi connectivity index (χ3v) is 13.5. The first-order valence-corrected chi connectivity index (χ1v) is 19.6. The molecule has 0 aromatic heterocycles. The second-order valence-electron chi connectivity index (χ2n) is 16.5. The molecular weight excluding hydrogens is 639 g/mol. The van der Waals surface area contributed by atoms with E-state index in [1.807, 2.05) is 0 Å². The van der Waals surface area contributed by atoms with Gasteiger partial charge in [-0.2, -0.15) is 0 Å². The highest BCUT2D eigenvalue weighted by atomic mass is 15.1. The predicted molar refractivity (Wildman–Crippen MR) is 221 cm³/mol. The summed E-state index contributed by atoms with van der Waals surface area (Å²) in [7, 11) is 0. The van der Waals surface area contributed by atoms with Crippen LogP contribution in [0.4, 0.5) is 17.1 Å². The molecule has 0 aliphatic heterocycles. The topological polar surface area (TPSA) is 3.24 Å². The lowest BCUT2D eigenvalue weighted by Gasteiger charge is -2.37. The molecule has 53 heavy (non-hydrogen) atoms. The van der Waals surface area contributed by atoms with Crippen LogP contribution >= 0.6 is 0 Å². The number of hydrogen-bond acceptors (Lipinski definition) is 1. The number of fused-ring (bicyclic) bond motifs is 11. The minimum atomic E-state index is -0.106. The summed E-state index contributed by atoms with van der Waals surface area (Å²) < 4.78 is 0. The maximum atomic E-state index is 2.61. The Kier molecular flexibility index (Phi) is 6.66. The zero-order chi connectivity index (χ0) is 35.3. The van der Waals surface area contributed by atoms with Crippen LogP contribution in [0.1, 0.15) is 61.8 Å². The van der Waals surface area contributed by atoms with Crippen LogP contribution in [0.2, 0.25) is 0 Å². The third kappa shape index (κ3) is 4.37. The zero-order valence-corrected chi connectivity index (χ0v) is 30.5. The monoisotopic (exact) mass is 681 g/mol. The van der Waals surface area contributed by atoms with E-state index < -0.39 is 0 Å². The van der Waals surface area contributed by atoms with E-state index in [4.69, 9.17) is 0 Å². The molecule has 7 aromatic carbocycles. The molecule has 1 spiro atoms. The standard InChI is InChI=1S/C52H43N/c1-51(2)44-20-11-9-18-40(44)41-28-27-39(32-47(41)51)53(48-29-25-37(35-14-5-3-6-15-35)31-43(48)36-16-7-4-8-17-36)49-23-13-22-46-50(49)42-19-10-12-21-45(42)52(46)33-34-24-26-38(52)30-34/h3-23,25,27-29,31-32,34,38H,24,26,30,33H2,1-2H3. The van der Waals surface area contributed by atoms with Gasteiger partial charge in [0, 0.05) is 27.6 Å². The minimum absolute atomic E-state index is 0.106. The highest BCUT2D eigenvalue weighted by Crippen LogP contribution is 2.67. The van der Waals surface area contributed by atoms with Crippen LogP contribution in [0, 0.1) is 11.8 Å². The molecule has 0 saturated heterocycles. The van der Waals surface area contributed by atoms with Crippen molar-refractivity contribution in [2.45, 2.75) is 50.4 Å². The van der Waals surface area contributed by atoms with E-state index in [2.05, 4.69) is 183 Å². The molecule has 11 rings (SSSR count). The van der Waals surface area contributed by atoms with E-state index in [0.717, 1.165) is 5.92 Å². The van der Waals surface area contributed by atoms with Crippen molar-refractivity contribution < 1.29 is 0 Å². The molecule has 3 unspecified atom stereocenters. The zero-order valence-electron chi connectivity index (χ0n) is 30.5. The lowest BCUT2D eigenvalue weighted by Crippen LogP contribution is -2.31. The van der Waals surface area contributed by atoms with Crippen LogP contribution in [0.25, 0.3) is 44.5 Å². The highest BCUT2D eigenvalue weighted by Gasteiger charge is 2.57. The van der Waals surface area contributed by atoms with E-state index in [1.54, 1.807) is 11.1 Å². The van der Waals surface area contributed by atoms with Gasteiger partial charge in [-0.1, -0.05) is 154 Å². The largest absolute Gasteiger partial charge is 0.309 e. The van der Waals surface area contributed by atoms with Crippen molar-refractivity contribution in [1.82, 2.24) is 0 Å². The molecule has 2 saturated carbocycles. The van der Waals surface area contributed by atoms with Crippen LogP contribution in [0.15, 0.2) is 164 Å². The average molecular weight is 682 g/mol. The van der Waals surface area contributed by atoms with Gasteiger partial charge in [-0.25, -0.2) is 0 Å². The van der Waals surface area contributed by atoms with Crippen LogP contribution < -0.4 is 4.90 Å². The fourth-order valence-electron chi connectivity index (χ4n) is 11.2. The molecule has 1 nitrogen and oxygen atoms in total. The van der Waals surface area contributed by atoms with Crippen molar-refractivity contribution in [3.8, 4) is 44.5 Å². The van der Waals surface area contributed by atoms with Gasteiger partial charge in [-0.05, 0) is 117 Å². The molecule has 4 aliphatic rings. The molecule has 3 atom stereocenters. The van der Waals surface area contributed by atoms with Crippen molar-refractivity contribution in [3.63, 3.8) is 0 Å². The lowest BCUT2D eigenvalue weighted by atomic mass is 9.67. The SMILES string of the molecule is CC1(C)c2ccccc2-c2ccc(N(c3ccc(-c4ccccc4)cc3-c3ccccc3)c3cccc4c3-c3ccccc3C43CC4CCC3C4)cc21. The van der Waals surface area contributed by atoms with E-state index in [9.17, 15) is 0 Å². The highest BCUT2D eigenvalue weighted by molar-refractivity contribution is 5.99. The van der Waals surface area contributed by atoms with Gasteiger partial charge >= 0.3 is 0 Å². The van der Waals surface area contributed by atoms with Gasteiger partial charge < -0.3 is 4.90 Å². The van der Waals surface area contributed by atoms with Gasteiger partial charge in [0.1, 0.15) is 0 Å². The quantitative estimate of drug-likeness (QED) is 0.175. The summed E-state index contributed by atoms with van der Waals surface area (Å²) in [4.78, 5) is 2.61. The Labute approximate surface area is 313 Å². The molecular formula is C52H43N. The lowest BCUT2D eigenvalue weighted by molar-refractivity contribution is 0.327. The second kappa shape index (κ2) is 11.4. The Bertz CT molecular complexity index is 2560. The van der Waals surface area contributed by atoms with Crippen molar-refractivity contribution in [2.75, 3.05) is 4.90 Å². The predicted octanol–water partition coefficient (Wildman–Crippen LogP) is 13.9. The van der Waals surface area contributed by atoms with E-state index in [1.165, 1.54) is 98.4 Å². The third-order valence-electron chi connectivity index (χ3n) is 13.5. The van der Waals surface area contributed by atoms with Crippen molar-refractivity contribution in [1.29, 1.82) is 0 Å². The summed E-state index contributed by atoms with van der Waals surface area (Å²) in [5.41, 5.74) is 20.0. The number of anilines is 3. The first-order valence-electron chi connectivity index (χ1n) is 19.6. The summed E-state index contributed by atoms with van der Waals surface area (Å²) in [6.45, 7) is 4.79. The summed E-state index contributed by atoms with van der Waals surface area (Å²) >= 11 is 0. The Morgan fingerprint density at radius 3 is 1.91 bits per heavy atom. The first-order chi connectivity index (χ1) is 26.0. The van der Waals surface area contributed by atoms with Crippen LogP contribution in [-0.4, -0.2) is 0 Å². The maximum absolute atomic E-state index is 2.61.